The van der Waals surface area contributed by atoms with Crippen LogP contribution in [0.1, 0.15) is 26.7 Å². The average molecular weight is 207 g/mol. The van der Waals surface area contributed by atoms with Crippen LogP contribution in [0.2, 0.25) is 0 Å². The molecule has 0 radical (unpaired) electrons. The zero-order chi connectivity index (χ0) is 10.8. The van der Waals surface area contributed by atoms with Crippen molar-refractivity contribution >= 4 is 0 Å². The van der Waals surface area contributed by atoms with Crippen LogP contribution in [0.25, 0.3) is 0 Å². The Kier molecular flexibility index (Phi) is 3.84. The summed E-state index contributed by atoms with van der Waals surface area (Å²) in [6.45, 7) is 2.84. The highest BCUT2D eigenvalue weighted by molar-refractivity contribution is 4.87. The Morgan fingerprint density at radius 1 is 1.43 bits per heavy atom. The van der Waals surface area contributed by atoms with Crippen molar-refractivity contribution in [3.8, 4) is 0 Å². The lowest BCUT2D eigenvalue weighted by Gasteiger charge is -2.39. The summed E-state index contributed by atoms with van der Waals surface area (Å²) >= 11 is 0. The van der Waals surface area contributed by atoms with Crippen LogP contribution in [0.4, 0.5) is 8.78 Å². The lowest BCUT2D eigenvalue weighted by Crippen LogP contribution is -2.48. The lowest BCUT2D eigenvalue weighted by molar-refractivity contribution is -0.0527. The van der Waals surface area contributed by atoms with E-state index in [2.05, 4.69) is 19.2 Å². The fraction of sp³-hybridized carbons (Fsp3) is 1.00. The first-order valence-corrected chi connectivity index (χ1v) is 5.16. The fourth-order valence-corrected chi connectivity index (χ4v) is 1.72. The predicted octanol–water partition coefficient (Wildman–Crippen LogP) is 1.64. The Hall–Kier alpha value is -0.220. The van der Waals surface area contributed by atoms with Gasteiger partial charge < -0.3 is 10.4 Å². The number of alkyl halides is 2. The minimum absolute atomic E-state index is 0.222. The molecule has 2 nitrogen and oxygen atoms in total. The van der Waals surface area contributed by atoms with Gasteiger partial charge in [-0.25, -0.2) is 8.78 Å². The second-order valence-electron chi connectivity index (χ2n) is 4.57. The average Bonchev–Trinajstić information content (AvgIpc) is 2.00. The summed E-state index contributed by atoms with van der Waals surface area (Å²) in [5.41, 5.74) is 0. The number of aliphatic hydroxyl groups is 1. The third-order valence-electron chi connectivity index (χ3n) is 3.00. The smallest absolute Gasteiger partial charge is 0.282 e. The maximum atomic E-state index is 12.6. The van der Waals surface area contributed by atoms with Crippen molar-refractivity contribution in [2.75, 3.05) is 13.2 Å². The summed E-state index contributed by atoms with van der Waals surface area (Å²) in [6.07, 6.45) is 1.97. The van der Waals surface area contributed by atoms with Crippen LogP contribution in [0, 0.1) is 11.8 Å². The summed E-state index contributed by atoms with van der Waals surface area (Å²) in [6, 6.07) is 0.222. The summed E-state index contributed by atoms with van der Waals surface area (Å²) in [4.78, 5) is 0. The highest BCUT2D eigenvalue weighted by Gasteiger charge is 2.34. The van der Waals surface area contributed by atoms with Gasteiger partial charge in [-0.1, -0.05) is 13.8 Å². The van der Waals surface area contributed by atoms with E-state index >= 15 is 0 Å². The van der Waals surface area contributed by atoms with Gasteiger partial charge in [0.1, 0.15) is 6.61 Å². The Balaban J connectivity index is 2.12. The van der Waals surface area contributed by atoms with Crippen molar-refractivity contribution in [2.24, 2.45) is 11.8 Å². The molecule has 1 aliphatic rings. The van der Waals surface area contributed by atoms with E-state index in [4.69, 9.17) is 5.11 Å². The molecule has 14 heavy (non-hydrogen) atoms. The van der Waals surface area contributed by atoms with Crippen molar-refractivity contribution in [1.29, 1.82) is 0 Å². The van der Waals surface area contributed by atoms with Crippen LogP contribution < -0.4 is 5.32 Å². The van der Waals surface area contributed by atoms with Crippen LogP contribution >= 0.6 is 0 Å². The first kappa shape index (κ1) is 11.9. The minimum atomic E-state index is -2.97. The number of rotatable bonds is 5. The minimum Gasteiger partial charge on any atom is -0.390 e. The van der Waals surface area contributed by atoms with Gasteiger partial charge in [-0.3, -0.25) is 0 Å². The van der Waals surface area contributed by atoms with Crippen molar-refractivity contribution in [3.05, 3.63) is 0 Å². The highest BCUT2D eigenvalue weighted by Crippen LogP contribution is 2.33. The molecule has 0 spiro atoms. The van der Waals surface area contributed by atoms with Gasteiger partial charge in [-0.15, -0.1) is 0 Å². The second-order valence-corrected chi connectivity index (χ2v) is 4.57. The molecular formula is C10H19F2NO. The molecule has 4 heteroatoms. The molecule has 84 valence electrons. The van der Waals surface area contributed by atoms with E-state index in [0.717, 1.165) is 12.8 Å². The molecule has 0 aromatic rings. The first-order chi connectivity index (χ1) is 6.44. The third kappa shape index (κ3) is 3.17. The summed E-state index contributed by atoms with van der Waals surface area (Å²) in [5, 5.41) is 11.1. The summed E-state index contributed by atoms with van der Waals surface area (Å²) in [5.74, 6) is -1.65. The summed E-state index contributed by atoms with van der Waals surface area (Å²) in [7, 11) is 0. The number of aliphatic hydroxyl groups excluding tert-OH is 1. The molecule has 0 heterocycles. The van der Waals surface area contributed by atoms with E-state index in [9.17, 15) is 8.78 Å². The van der Waals surface area contributed by atoms with Gasteiger partial charge >= 0.3 is 0 Å². The predicted molar refractivity (Wildman–Crippen MR) is 51.4 cm³/mol. The van der Waals surface area contributed by atoms with E-state index in [1.165, 1.54) is 0 Å². The van der Waals surface area contributed by atoms with Gasteiger partial charge in [0.15, 0.2) is 0 Å². The van der Waals surface area contributed by atoms with E-state index in [1.54, 1.807) is 0 Å². The molecule has 2 N–H and O–H groups in total. The molecule has 0 unspecified atom stereocenters. The molecule has 1 aliphatic carbocycles. The van der Waals surface area contributed by atoms with Crippen LogP contribution in [0.15, 0.2) is 0 Å². The van der Waals surface area contributed by atoms with Crippen LogP contribution in [-0.4, -0.2) is 30.2 Å². The SMILES string of the molecule is CC(C)C1CC(NCC(F)(F)CO)C1. The Morgan fingerprint density at radius 3 is 2.43 bits per heavy atom. The van der Waals surface area contributed by atoms with Crippen molar-refractivity contribution in [1.82, 2.24) is 5.32 Å². The monoisotopic (exact) mass is 207 g/mol. The standard InChI is InChI=1S/C10H19F2NO/c1-7(2)8-3-9(4-8)13-5-10(11,12)6-14/h7-9,13-14H,3-6H2,1-2H3. The second kappa shape index (κ2) is 4.53. The first-order valence-electron chi connectivity index (χ1n) is 5.16. The van der Waals surface area contributed by atoms with Crippen LogP contribution in [0.3, 0.4) is 0 Å². The Labute approximate surface area is 83.7 Å². The number of hydrogen-bond acceptors (Lipinski definition) is 2. The van der Waals surface area contributed by atoms with Crippen LogP contribution in [0.5, 0.6) is 0 Å². The van der Waals surface area contributed by atoms with Gasteiger partial charge in [-0.05, 0) is 24.7 Å². The topological polar surface area (TPSA) is 32.3 Å². The molecule has 1 fully saturated rings. The molecule has 0 aromatic heterocycles. The van der Waals surface area contributed by atoms with E-state index in [0.29, 0.717) is 11.8 Å². The molecule has 0 aromatic carbocycles. The number of halogens is 2. The maximum absolute atomic E-state index is 12.6. The largest absolute Gasteiger partial charge is 0.390 e. The Morgan fingerprint density at radius 2 is 2.00 bits per heavy atom. The maximum Gasteiger partial charge on any atom is 0.282 e. The van der Waals surface area contributed by atoms with Crippen molar-refractivity contribution in [3.63, 3.8) is 0 Å². The van der Waals surface area contributed by atoms with Gasteiger partial charge in [-0.2, -0.15) is 0 Å². The molecular weight excluding hydrogens is 188 g/mol. The molecule has 0 atom stereocenters. The molecule has 1 rings (SSSR count). The molecule has 1 saturated carbocycles. The zero-order valence-corrected chi connectivity index (χ0v) is 8.76. The quantitative estimate of drug-likeness (QED) is 0.718. The molecule has 0 aliphatic heterocycles. The van der Waals surface area contributed by atoms with Gasteiger partial charge in [0, 0.05) is 6.04 Å². The van der Waals surface area contributed by atoms with Crippen molar-refractivity contribution < 1.29 is 13.9 Å². The fourth-order valence-electron chi connectivity index (χ4n) is 1.72. The number of nitrogens with one attached hydrogen (secondary N) is 1. The van der Waals surface area contributed by atoms with E-state index in [-0.39, 0.29) is 6.04 Å². The third-order valence-corrected chi connectivity index (χ3v) is 3.00. The molecule has 0 amide bonds. The normalized spacial score (nSPS) is 27.9. The molecule has 0 bridgehead atoms. The van der Waals surface area contributed by atoms with E-state index in [1.807, 2.05) is 0 Å². The summed E-state index contributed by atoms with van der Waals surface area (Å²) < 4.78 is 25.2. The Bertz CT molecular complexity index is 179. The number of hydrogen-bond donors (Lipinski definition) is 2. The zero-order valence-electron chi connectivity index (χ0n) is 8.76. The van der Waals surface area contributed by atoms with Crippen molar-refractivity contribution in [2.45, 2.75) is 38.7 Å². The van der Waals surface area contributed by atoms with Crippen LogP contribution in [-0.2, 0) is 0 Å². The van der Waals surface area contributed by atoms with Gasteiger partial charge in [0.05, 0.1) is 6.54 Å². The highest BCUT2D eigenvalue weighted by atomic mass is 19.3. The van der Waals surface area contributed by atoms with Gasteiger partial charge in [0.25, 0.3) is 5.92 Å². The molecule has 0 saturated heterocycles. The van der Waals surface area contributed by atoms with Gasteiger partial charge in [0.2, 0.25) is 0 Å². The lowest BCUT2D eigenvalue weighted by atomic mass is 9.73. The van der Waals surface area contributed by atoms with E-state index < -0.39 is 19.1 Å².